The second-order valence-electron chi connectivity index (χ2n) is 4.84. The normalized spacial score (nSPS) is 14.7. The molecule has 8 heteroatoms. The van der Waals surface area contributed by atoms with E-state index in [-0.39, 0.29) is 10.8 Å². The molecule has 1 heterocycles. The van der Waals surface area contributed by atoms with Crippen molar-refractivity contribution in [2.24, 2.45) is 0 Å². The minimum Gasteiger partial charge on any atom is -0.326 e. The van der Waals surface area contributed by atoms with Crippen LogP contribution in [0.25, 0.3) is 0 Å². The number of hydrogen-bond acceptors (Lipinski definition) is 4. The Morgan fingerprint density at radius 3 is 2.76 bits per heavy atom. The highest BCUT2D eigenvalue weighted by atomic mass is 79.9. The maximum Gasteiger partial charge on any atom is 0.241 e. The van der Waals surface area contributed by atoms with Crippen molar-refractivity contribution in [1.82, 2.24) is 10.0 Å². The quantitative estimate of drug-likeness (QED) is 0.652. The van der Waals surface area contributed by atoms with Gasteiger partial charge in [0.2, 0.25) is 15.9 Å². The average molecular weight is 376 g/mol. The smallest absolute Gasteiger partial charge is 0.241 e. The highest BCUT2D eigenvalue weighted by molar-refractivity contribution is 9.10. The van der Waals surface area contributed by atoms with E-state index in [1.54, 1.807) is 6.07 Å². The van der Waals surface area contributed by atoms with Crippen LogP contribution >= 0.6 is 15.9 Å². The topological polar surface area (TPSA) is 87.3 Å². The second-order valence-corrected chi connectivity index (χ2v) is 7.43. The number of sulfonamides is 1. The number of hydrogen-bond donors (Lipinski definition) is 3. The summed E-state index contributed by atoms with van der Waals surface area (Å²) in [4.78, 5) is 11.6. The lowest BCUT2D eigenvalue weighted by Crippen LogP contribution is -2.27. The molecule has 1 aliphatic rings. The summed E-state index contributed by atoms with van der Waals surface area (Å²) in [6, 6.07) is 3.27. The molecular formula is C13H18BrN3O3S. The molecule has 6 nitrogen and oxygen atoms in total. The summed E-state index contributed by atoms with van der Waals surface area (Å²) in [5, 5.41) is 5.67. The molecule has 1 aromatic rings. The van der Waals surface area contributed by atoms with E-state index < -0.39 is 10.0 Å². The van der Waals surface area contributed by atoms with Gasteiger partial charge in [-0.2, -0.15) is 0 Å². The Morgan fingerprint density at radius 2 is 2.05 bits per heavy atom. The number of rotatable bonds is 6. The van der Waals surface area contributed by atoms with Gasteiger partial charge in [-0.3, -0.25) is 4.79 Å². The van der Waals surface area contributed by atoms with Crippen molar-refractivity contribution in [3.63, 3.8) is 0 Å². The third-order valence-corrected chi connectivity index (χ3v) is 5.66. The number of carbonyl (C=O) groups excluding carboxylic acids is 1. The summed E-state index contributed by atoms with van der Waals surface area (Å²) in [6.45, 7) is 1.10. The summed E-state index contributed by atoms with van der Waals surface area (Å²) in [5.41, 5.74) is 1.51. The fraction of sp³-hybridized carbons (Fsp3) is 0.462. The van der Waals surface area contributed by atoms with Gasteiger partial charge in [0, 0.05) is 23.1 Å². The number of amides is 1. The van der Waals surface area contributed by atoms with Crippen LogP contribution in [0.1, 0.15) is 18.4 Å². The molecule has 0 radical (unpaired) electrons. The molecule has 1 aliphatic heterocycles. The van der Waals surface area contributed by atoms with Crippen LogP contribution in [0.4, 0.5) is 5.69 Å². The Hall–Kier alpha value is -0.960. The lowest BCUT2D eigenvalue weighted by atomic mass is 10.0. The van der Waals surface area contributed by atoms with E-state index in [0.29, 0.717) is 36.0 Å². The van der Waals surface area contributed by atoms with Crippen LogP contribution in [0.15, 0.2) is 21.5 Å². The predicted octanol–water partition coefficient (Wildman–Crippen LogP) is 1.22. The fourth-order valence-electron chi connectivity index (χ4n) is 2.13. The first-order valence-electron chi connectivity index (χ1n) is 6.70. The lowest BCUT2D eigenvalue weighted by Gasteiger charge is -2.19. The number of halogens is 1. The monoisotopic (exact) mass is 375 g/mol. The molecule has 0 fully saturated rings. The molecule has 0 saturated carbocycles. The standard InChI is InChI=1S/C13H18BrN3O3S/c1-15-5-2-6-16-21(19,20)12-8-11-9(7-10(12)14)3-4-13(18)17-11/h7-8,15-16H,2-6H2,1H3,(H,17,18). The molecule has 0 bridgehead atoms. The highest BCUT2D eigenvalue weighted by Gasteiger charge is 2.22. The van der Waals surface area contributed by atoms with Gasteiger partial charge in [0.05, 0.1) is 4.90 Å². The summed E-state index contributed by atoms with van der Waals surface area (Å²) >= 11 is 3.30. The average Bonchev–Trinajstić information content (AvgIpc) is 2.43. The molecule has 21 heavy (non-hydrogen) atoms. The Kier molecular flexibility index (Phi) is 5.37. The number of carbonyl (C=O) groups is 1. The molecular weight excluding hydrogens is 358 g/mol. The molecule has 0 atom stereocenters. The summed E-state index contributed by atoms with van der Waals surface area (Å²) in [5.74, 6) is -0.0878. The van der Waals surface area contributed by atoms with E-state index in [0.717, 1.165) is 12.1 Å². The number of benzene rings is 1. The van der Waals surface area contributed by atoms with E-state index in [9.17, 15) is 13.2 Å². The summed E-state index contributed by atoms with van der Waals surface area (Å²) in [7, 11) is -1.78. The van der Waals surface area contributed by atoms with Gasteiger partial charge in [-0.1, -0.05) is 0 Å². The van der Waals surface area contributed by atoms with Gasteiger partial charge in [-0.15, -0.1) is 0 Å². The van der Waals surface area contributed by atoms with Crippen molar-refractivity contribution in [1.29, 1.82) is 0 Å². The van der Waals surface area contributed by atoms with E-state index >= 15 is 0 Å². The van der Waals surface area contributed by atoms with Crippen LogP contribution in [0, 0.1) is 0 Å². The lowest BCUT2D eigenvalue weighted by molar-refractivity contribution is -0.116. The molecule has 0 unspecified atom stereocenters. The minimum atomic E-state index is -3.60. The van der Waals surface area contributed by atoms with E-state index in [4.69, 9.17) is 0 Å². The Bertz CT molecular complexity index is 646. The second kappa shape index (κ2) is 6.87. The molecule has 1 aromatic carbocycles. The number of fused-ring (bicyclic) bond motifs is 1. The maximum atomic E-state index is 12.3. The molecule has 0 aromatic heterocycles. The SMILES string of the molecule is CNCCCNS(=O)(=O)c1cc2c(cc1Br)CCC(=O)N2. The third kappa shape index (κ3) is 4.03. The molecule has 1 amide bonds. The van der Waals surface area contributed by atoms with E-state index in [2.05, 4.69) is 31.3 Å². The largest absolute Gasteiger partial charge is 0.326 e. The van der Waals surface area contributed by atoms with Crippen molar-refractivity contribution in [2.45, 2.75) is 24.2 Å². The number of aryl methyl sites for hydroxylation is 1. The van der Waals surface area contributed by atoms with Crippen LogP contribution in [-0.2, 0) is 21.2 Å². The van der Waals surface area contributed by atoms with Gasteiger partial charge in [0.1, 0.15) is 0 Å². The van der Waals surface area contributed by atoms with E-state index in [1.807, 2.05) is 7.05 Å². The molecule has 116 valence electrons. The van der Waals surface area contributed by atoms with Crippen LogP contribution in [0.2, 0.25) is 0 Å². The first kappa shape index (κ1) is 16.4. The Labute approximate surface area is 132 Å². The van der Waals surface area contributed by atoms with E-state index in [1.165, 1.54) is 6.07 Å². The third-order valence-electron chi connectivity index (χ3n) is 3.24. The van der Waals surface area contributed by atoms with Crippen molar-refractivity contribution in [3.05, 3.63) is 22.2 Å². The molecule has 0 saturated heterocycles. The van der Waals surface area contributed by atoms with Crippen LogP contribution in [-0.4, -0.2) is 34.5 Å². The summed E-state index contributed by atoms with van der Waals surface area (Å²) in [6.07, 6.45) is 1.75. The van der Waals surface area contributed by atoms with Gasteiger partial charge in [-0.05, 0) is 60.1 Å². The summed E-state index contributed by atoms with van der Waals surface area (Å²) < 4.78 is 27.7. The van der Waals surface area contributed by atoms with Gasteiger partial charge < -0.3 is 10.6 Å². The Balaban J connectivity index is 2.22. The molecule has 0 spiro atoms. The van der Waals surface area contributed by atoms with Crippen molar-refractivity contribution >= 4 is 37.5 Å². The molecule has 0 aliphatic carbocycles. The highest BCUT2D eigenvalue weighted by Crippen LogP contribution is 2.31. The molecule has 3 N–H and O–H groups in total. The van der Waals surface area contributed by atoms with Gasteiger partial charge in [-0.25, -0.2) is 13.1 Å². The predicted molar refractivity (Wildman–Crippen MR) is 84.8 cm³/mol. The first-order valence-corrected chi connectivity index (χ1v) is 8.98. The van der Waals surface area contributed by atoms with Crippen LogP contribution in [0.5, 0.6) is 0 Å². The van der Waals surface area contributed by atoms with Crippen molar-refractivity contribution in [2.75, 3.05) is 25.5 Å². The van der Waals surface area contributed by atoms with Crippen LogP contribution in [0.3, 0.4) is 0 Å². The molecule has 2 rings (SSSR count). The zero-order valence-electron chi connectivity index (χ0n) is 11.7. The fourth-order valence-corrected chi connectivity index (χ4v) is 4.32. The zero-order chi connectivity index (χ0) is 15.5. The first-order chi connectivity index (χ1) is 9.94. The zero-order valence-corrected chi connectivity index (χ0v) is 14.1. The van der Waals surface area contributed by atoms with Gasteiger partial charge in [0.25, 0.3) is 0 Å². The van der Waals surface area contributed by atoms with Crippen LogP contribution < -0.4 is 15.4 Å². The van der Waals surface area contributed by atoms with Crippen molar-refractivity contribution < 1.29 is 13.2 Å². The van der Waals surface area contributed by atoms with Gasteiger partial charge >= 0.3 is 0 Å². The number of anilines is 1. The Morgan fingerprint density at radius 1 is 1.29 bits per heavy atom. The van der Waals surface area contributed by atoms with Crippen molar-refractivity contribution in [3.8, 4) is 0 Å². The maximum absolute atomic E-state index is 12.3. The number of nitrogens with one attached hydrogen (secondary N) is 3. The minimum absolute atomic E-state index is 0.0878. The van der Waals surface area contributed by atoms with Gasteiger partial charge in [0.15, 0.2) is 0 Å².